The number of hydrogen-bond donors (Lipinski definition) is 2. The SMILES string of the molecule is C[Si](C)(O)C[Si](C)(CCC(F)(F)F)O[Si](C)(C)O. The Hall–Kier alpha value is 0.321. The van der Waals surface area contributed by atoms with Crippen molar-refractivity contribution in [2.75, 3.05) is 0 Å². The zero-order valence-electron chi connectivity index (χ0n) is 11.6. The molecule has 3 nitrogen and oxygen atoms in total. The molecule has 0 aromatic carbocycles. The first-order valence-corrected chi connectivity index (χ1v) is 14.7. The minimum atomic E-state index is -4.22. The molecule has 0 bridgehead atoms. The third-order valence-corrected chi connectivity index (χ3v) is 14.0. The summed E-state index contributed by atoms with van der Waals surface area (Å²) in [6.07, 6.45) is -5.13. The second kappa shape index (κ2) is 5.75. The van der Waals surface area contributed by atoms with Crippen molar-refractivity contribution in [3.05, 3.63) is 0 Å². The van der Waals surface area contributed by atoms with Gasteiger partial charge in [0.05, 0.1) is 0 Å². The van der Waals surface area contributed by atoms with Gasteiger partial charge in [-0.05, 0) is 44.4 Å². The molecule has 0 aliphatic carbocycles. The van der Waals surface area contributed by atoms with Crippen molar-refractivity contribution in [3.63, 3.8) is 0 Å². The number of halogens is 3. The van der Waals surface area contributed by atoms with Crippen molar-refractivity contribution in [1.82, 2.24) is 0 Å². The molecule has 0 saturated carbocycles. The van der Waals surface area contributed by atoms with Gasteiger partial charge in [-0.3, -0.25) is 0 Å². The van der Waals surface area contributed by atoms with Gasteiger partial charge in [0, 0.05) is 6.42 Å². The standard InChI is InChI=1S/C9H23F3O3Si3/c1-16(2,13)8-18(5,15-17(3,4)14)7-6-9(10,11)12/h13-14H,6-8H2,1-5H3. The van der Waals surface area contributed by atoms with Gasteiger partial charge >= 0.3 is 14.7 Å². The summed E-state index contributed by atoms with van der Waals surface area (Å²) in [5.41, 5.74) is 0.313. The molecule has 18 heavy (non-hydrogen) atoms. The summed E-state index contributed by atoms with van der Waals surface area (Å²) in [5.74, 6) is 0. The lowest BCUT2D eigenvalue weighted by Crippen LogP contribution is -2.51. The van der Waals surface area contributed by atoms with Crippen molar-refractivity contribution < 1.29 is 26.9 Å². The van der Waals surface area contributed by atoms with E-state index in [0.717, 1.165) is 0 Å². The highest BCUT2D eigenvalue weighted by Crippen LogP contribution is 2.32. The predicted molar refractivity (Wildman–Crippen MR) is 72.4 cm³/mol. The van der Waals surface area contributed by atoms with E-state index >= 15 is 0 Å². The van der Waals surface area contributed by atoms with Crippen LogP contribution >= 0.6 is 0 Å². The van der Waals surface area contributed by atoms with E-state index in [1.54, 1.807) is 19.6 Å². The van der Waals surface area contributed by atoms with Crippen LogP contribution < -0.4 is 0 Å². The van der Waals surface area contributed by atoms with Crippen LogP contribution in [0.15, 0.2) is 0 Å². The molecule has 0 aromatic rings. The monoisotopic (exact) mass is 320 g/mol. The van der Waals surface area contributed by atoms with Crippen LogP contribution in [0.5, 0.6) is 0 Å². The Morgan fingerprint density at radius 2 is 1.44 bits per heavy atom. The van der Waals surface area contributed by atoms with Gasteiger partial charge in [0.1, 0.15) is 0 Å². The zero-order chi connectivity index (χ0) is 14.8. The molecule has 2 N–H and O–H groups in total. The second-order valence-corrected chi connectivity index (χ2v) is 18.3. The van der Waals surface area contributed by atoms with E-state index in [9.17, 15) is 22.8 Å². The van der Waals surface area contributed by atoms with Crippen molar-refractivity contribution in [1.29, 1.82) is 0 Å². The lowest BCUT2D eigenvalue weighted by molar-refractivity contribution is -0.131. The third-order valence-electron chi connectivity index (χ3n) is 2.24. The molecule has 0 rings (SSSR count). The molecule has 0 fully saturated rings. The average Bonchev–Trinajstić information content (AvgIpc) is 1.91. The summed E-state index contributed by atoms with van der Waals surface area (Å²) in [5, 5.41) is 0. The van der Waals surface area contributed by atoms with E-state index in [4.69, 9.17) is 4.12 Å². The summed E-state index contributed by atoms with van der Waals surface area (Å²) in [6.45, 7) is 8.12. The fraction of sp³-hybridized carbons (Fsp3) is 1.00. The summed E-state index contributed by atoms with van der Waals surface area (Å²) in [6, 6.07) is -0.107. The van der Waals surface area contributed by atoms with Crippen LogP contribution in [-0.4, -0.2) is 41.0 Å². The van der Waals surface area contributed by atoms with Gasteiger partial charge in [-0.1, -0.05) is 0 Å². The summed E-state index contributed by atoms with van der Waals surface area (Å²) >= 11 is 0. The fourth-order valence-electron chi connectivity index (χ4n) is 2.10. The highest BCUT2D eigenvalue weighted by atomic mass is 28.5. The first kappa shape index (κ1) is 18.3. The molecule has 0 spiro atoms. The van der Waals surface area contributed by atoms with E-state index in [1.165, 1.54) is 13.1 Å². The molecule has 110 valence electrons. The molecule has 0 saturated heterocycles. The molecule has 0 heterocycles. The molecule has 0 amide bonds. The van der Waals surface area contributed by atoms with E-state index in [0.29, 0.717) is 5.67 Å². The van der Waals surface area contributed by atoms with Gasteiger partial charge < -0.3 is 13.7 Å². The maximum absolute atomic E-state index is 12.3. The van der Waals surface area contributed by atoms with Gasteiger partial charge in [-0.15, -0.1) is 0 Å². The van der Waals surface area contributed by atoms with Crippen molar-refractivity contribution in [3.8, 4) is 0 Å². The van der Waals surface area contributed by atoms with E-state index < -0.39 is 37.8 Å². The molecule has 0 aromatic heterocycles. The molecular weight excluding hydrogens is 297 g/mol. The van der Waals surface area contributed by atoms with Crippen LogP contribution in [0.25, 0.3) is 0 Å². The van der Waals surface area contributed by atoms with Gasteiger partial charge in [0.15, 0.2) is 16.6 Å². The van der Waals surface area contributed by atoms with Gasteiger partial charge in [0.2, 0.25) is 0 Å². The number of alkyl halides is 3. The molecule has 1 atom stereocenters. The summed E-state index contributed by atoms with van der Waals surface area (Å²) in [4.78, 5) is 19.7. The summed E-state index contributed by atoms with van der Waals surface area (Å²) < 4.78 is 42.6. The predicted octanol–water partition coefficient (Wildman–Crippen LogP) is 2.96. The van der Waals surface area contributed by atoms with Gasteiger partial charge in [-0.25, -0.2) is 0 Å². The van der Waals surface area contributed by atoms with Crippen LogP contribution in [0.3, 0.4) is 0 Å². The Morgan fingerprint density at radius 1 is 1.00 bits per heavy atom. The smallest absolute Gasteiger partial charge is 0.388 e. The number of rotatable bonds is 6. The summed E-state index contributed by atoms with van der Waals surface area (Å²) in [7, 11) is -8.12. The van der Waals surface area contributed by atoms with Gasteiger partial charge in [-0.2, -0.15) is 13.2 Å². The lowest BCUT2D eigenvalue weighted by atomic mass is 10.5. The zero-order valence-corrected chi connectivity index (χ0v) is 14.6. The van der Waals surface area contributed by atoms with E-state index in [-0.39, 0.29) is 6.04 Å². The Balaban J connectivity index is 4.81. The quantitative estimate of drug-likeness (QED) is 0.740. The molecule has 9 heteroatoms. The van der Waals surface area contributed by atoms with Crippen molar-refractivity contribution in [2.45, 2.75) is 57.0 Å². The Morgan fingerprint density at radius 3 is 1.72 bits per heavy atom. The van der Waals surface area contributed by atoms with Crippen molar-refractivity contribution >= 4 is 25.2 Å². The van der Waals surface area contributed by atoms with Gasteiger partial charge in [0.25, 0.3) is 0 Å². The second-order valence-electron chi connectivity index (χ2n) is 6.10. The first-order chi connectivity index (χ1) is 7.62. The number of hydrogen-bond acceptors (Lipinski definition) is 3. The minimum absolute atomic E-state index is 0.107. The van der Waals surface area contributed by atoms with Crippen LogP contribution in [-0.2, 0) is 4.12 Å². The largest absolute Gasteiger partial charge is 0.436 e. The highest BCUT2D eigenvalue weighted by Gasteiger charge is 2.43. The Bertz CT molecular complexity index is 255. The van der Waals surface area contributed by atoms with Crippen LogP contribution in [0.4, 0.5) is 13.2 Å². The normalized spacial score (nSPS) is 17.7. The minimum Gasteiger partial charge on any atom is -0.436 e. The fourth-order valence-corrected chi connectivity index (χ4v) is 17.1. The highest BCUT2D eigenvalue weighted by molar-refractivity contribution is 6.93. The van der Waals surface area contributed by atoms with Crippen LogP contribution in [0, 0.1) is 0 Å². The Kier molecular flexibility index (Phi) is 5.85. The lowest BCUT2D eigenvalue weighted by Gasteiger charge is -2.36. The molecule has 0 aliphatic rings. The maximum Gasteiger partial charge on any atom is 0.388 e. The topological polar surface area (TPSA) is 49.7 Å². The van der Waals surface area contributed by atoms with Crippen LogP contribution in [0.1, 0.15) is 6.42 Å². The first-order valence-electron chi connectivity index (χ1n) is 5.84. The molecule has 1 unspecified atom stereocenters. The molecule has 0 radical (unpaired) electrons. The van der Waals surface area contributed by atoms with E-state index in [2.05, 4.69) is 0 Å². The third kappa shape index (κ3) is 10.3. The molecular formula is C9H23F3O3Si3. The van der Waals surface area contributed by atoms with E-state index in [1.807, 2.05) is 0 Å². The Labute approximate surface area is 109 Å². The van der Waals surface area contributed by atoms with Crippen molar-refractivity contribution in [2.24, 2.45) is 0 Å². The molecule has 0 aliphatic heterocycles. The average molecular weight is 321 g/mol. The maximum atomic E-state index is 12.3. The van der Waals surface area contributed by atoms with Crippen LogP contribution in [0.2, 0.25) is 44.4 Å².